The third-order valence-corrected chi connectivity index (χ3v) is 3.48. The molecule has 3 nitrogen and oxygen atoms in total. The molecule has 0 saturated heterocycles. The second-order valence-electron chi connectivity index (χ2n) is 5.23. The van der Waals surface area contributed by atoms with Gasteiger partial charge >= 0.3 is 5.97 Å². The van der Waals surface area contributed by atoms with E-state index in [1.54, 1.807) is 7.11 Å². The molecule has 0 unspecified atom stereocenters. The van der Waals surface area contributed by atoms with Gasteiger partial charge in [-0.3, -0.25) is 4.79 Å². The number of carbonyl (C=O) groups is 1. The van der Waals surface area contributed by atoms with Crippen molar-refractivity contribution in [2.45, 2.75) is 39.5 Å². The van der Waals surface area contributed by atoms with Gasteiger partial charge in [-0.15, -0.1) is 0 Å². The van der Waals surface area contributed by atoms with Gasteiger partial charge in [0.25, 0.3) is 0 Å². The summed E-state index contributed by atoms with van der Waals surface area (Å²) >= 11 is 0. The Hall–Kier alpha value is -1.51. The minimum Gasteiger partial charge on any atom is -0.496 e. The van der Waals surface area contributed by atoms with Gasteiger partial charge in [0.2, 0.25) is 0 Å². The van der Waals surface area contributed by atoms with E-state index in [-0.39, 0.29) is 12.4 Å². The van der Waals surface area contributed by atoms with Gasteiger partial charge in [-0.1, -0.05) is 12.1 Å². The Morgan fingerprint density at radius 2 is 2.11 bits per heavy atom. The average molecular weight is 262 g/mol. The van der Waals surface area contributed by atoms with Crippen LogP contribution >= 0.6 is 0 Å². The van der Waals surface area contributed by atoms with Crippen molar-refractivity contribution in [3.8, 4) is 5.75 Å². The molecular weight excluding hydrogens is 240 g/mol. The summed E-state index contributed by atoms with van der Waals surface area (Å²) in [4.78, 5) is 11.7. The van der Waals surface area contributed by atoms with Crippen molar-refractivity contribution >= 4 is 5.97 Å². The molecule has 0 spiro atoms. The number of methoxy groups -OCH3 is 1. The molecule has 0 aliphatic heterocycles. The lowest BCUT2D eigenvalue weighted by Gasteiger charge is -2.13. The highest BCUT2D eigenvalue weighted by Gasteiger charge is 2.22. The maximum atomic E-state index is 11.7. The van der Waals surface area contributed by atoms with Crippen LogP contribution in [0.3, 0.4) is 0 Å². The fourth-order valence-corrected chi connectivity index (χ4v) is 2.49. The minimum atomic E-state index is -0.191. The van der Waals surface area contributed by atoms with E-state index in [2.05, 4.69) is 12.1 Å². The maximum Gasteiger partial charge on any atom is 0.310 e. The third kappa shape index (κ3) is 3.72. The van der Waals surface area contributed by atoms with Crippen LogP contribution in [0.1, 0.15) is 36.5 Å². The summed E-state index contributed by atoms with van der Waals surface area (Å²) in [6, 6.07) is 4.27. The molecule has 0 radical (unpaired) electrons. The Bertz CT molecular complexity index is 461. The molecule has 2 rings (SSSR count). The molecule has 1 fully saturated rings. The quantitative estimate of drug-likeness (QED) is 0.739. The summed E-state index contributed by atoms with van der Waals surface area (Å²) in [6.45, 7) is 4.27. The summed E-state index contributed by atoms with van der Waals surface area (Å²) in [7, 11) is 1.65. The second-order valence-corrected chi connectivity index (χ2v) is 5.23. The van der Waals surface area contributed by atoms with E-state index in [0.29, 0.717) is 6.61 Å². The van der Waals surface area contributed by atoms with E-state index >= 15 is 0 Å². The summed E-state index contributed by atoms with van der Waals surface area (Å²) in [5, 5.41) is 0. The largest absolute Gasteiger partial charge is 0.496 e. The number of carbonyl (C=O) groups excluding carboxylic acids is 1. The minimum absolute atomic E-state index is 0.191. The molecule has 1 aliphatic rings. The first-order chi connectivity index (χ1) is 9.13. The van der Waals surface area contributed by atoms with Gasteiger partial charge in [-0.2, -0.15) is 0 Å². The van der Waals surface area contributed by atoms with Gasteiger partial charge in [-0.05, 0) is 50.2 Å². The zero-order chi connectivity index (χ0) is 13.8. The molecule has 1 aromatic rings. The first-order valence-corrected chi connectivity index (χ1v) is 6.96. The highest BCUT2D eigenvalue weighted by Crippen LogP contribution is 2.34. The van der Waals surface area contributed by atoms with Crippen molar-refractivity contribution in [2.75, 3.05) is 13.7 Å². The van der Waals surface area contributed by atoms with E-state index in [9.17, 15) is 4.79 Å². The van der Waals surface area contributed by atoms with E-state index in [1.165, 1.54) is 18.4 Å². The van der Waals surface area contributed by atoms with Crippen LogP contribution in [0.15, 0.2) is 12.1 Å². The van der Waals surface area contributed by atoms with Crippen LogP contribution < -0.4 is 4.74 Å². The molecule has 3 heteroatoms. The van der Waals surface area contributed by atoms with Crippen LogP contribution in [-0.2, 0) is 22.4 Å². The molecule has 0 atom stereocenters. The van der Waals surface area contributed by atoms with Crippen molar-refractivity contribution in [2.24, 2.45) is 5.92 Å². The Kier molecular flexibility index (Phi) is 4.46. The van der Waals surface area contributed by atoms with Crippen LogP contribution in [-0.4, -0.2) is 19.7 Å². The molecule has 19 heavy (non-hydrogen) atoms. The normalized spacial score (nSPS) is 14.3. The standard InChI is InChI=1S/C16H22O3/c1-4-19-15(17)10-14-9-13(8-12-5-6-12)7-11(2)16(14)18-3/h7,9,12H,4-6,8,10H2,1-3H3. The van der Waals surface area contributed by atoms with Crippen molar-refractivity contribution in [3.63, 3.8) is 0 Å². The lowest BCUT2D eigenvalue weighted by Crippen LogP contribution is -2.09. The van der Waals surface area contributed by atoms with E-state index < -0.39 is 0 Å². The van der Waals surface area contributed by atoms with Crippen LogP contribution in [0.25, 0.3) is 0 Å². The van der Waals surface area contributed by atoms with Gasteiger partial charge in [0.05, 0.1) is 20.1 Å². The van der Waals surface area contributed by atoms with E-state index in [0.717, 1.165) is 29.2 Å². The zero-order valence-electron chi connectivity index (χ0n) is 12.0. The fraction of sp³-hybridized carbons (Fsp3) is 0.562. The van der Waals surface area contributed by atoms with Gasteiger partial charge < -0.3 is 9.47 Å². The first kappa shape index (κ1) is 13.9. The lowest BCUT2D eigenvalue weighted by molar-refractivity contribution is -0.142. The lowest BCUT2D eigenvalue weighted by atomic mass is 9.99. The highest BCUT2D eigenvalue weighted by atomic mass is 16.5. The number of ether oxygens (including phenoxy) is 2. The number of hydrogen-bond donors (Lipinski definition) is 0. The molecule has 0 amide bonds. The molecule has 0 aromatic heterocycles. The van der Waals surface area contributed by atoms with Gasteiger partial charge in [-0.25, -0.2) is 0 Å². The first-order valence-electron chi connectivity index (χ1n) is 6.96. The predicted molar refractivity (Wildman–Crippen MR) is 74.5 cm³/mol. The molecular formula is C16H22O3. The zero-order valence-corrected chi connectivity index (χ0v) is 12.0. The summed E-state index contributed by atoms with van der Waals surface area (Å²) < 4.78 is 10.4. The molecule has 0 bridgehead atoms. The molecule has 0 heterocycles. The van der Waals surface area contributed by atoms with Crippen molar-refractivity contribution in [1.29, 1.82) is 0 Å². The number of aryl methyl sites for hydroxylation is 1. The van der Waals surface area contributed by atoms with Crippen molar-refractivity contribution in [3.05, 3.63) is 28.8 Å². The smallest absolute Gasteiger partial charge is 0.310 e. The number of esters is 1. The van der Waals surface area contributed by atoms with Crippen LogP contribution in [0.5, 0.6) is 5.75 Å². The topological polar surface area (TPSA) is 35.5 Å². The third-order valence-electron chi connectivity index (χ3n) is 3.48. The van der Waals surface area contributed by atoms with E-state index in [1.807, 2.05) is 13.8 Å². The van der Waals surface area contributed by atoms with Gasteiger partial charge in [0.1, 0.15) is 5.75 Å². The average Bonchev–Trinajstić information content (AvgIpc) is 3.13. The second kappa shape index (κ2) is 6.09. The highest BCUT2D eigenvalue weighted by molar-refractivity contribution is 5.74. The predicted octanol–water partition coefficient (Wildman–Crippen LogP) is 3.06. The SMILES string of the molecule is CCOC(=O)Cc1cc(CC2CC2)cc(C)c1OC. The van der Waals surface area contributed by atoms with Crippen molar-refractivity contribution in [1.82, 2.24) is 0 Å². The van der Waals surface area contributed by atoms with Gasteiger partial charge in [0.15, 0.2) is 0 Å². The molecule has 104 valence electrons. The summed E-state index contributed by atoms with van der Waals surface area (Å²) in [5.41, 5.74) is 3.34. The monoisotopic (exact) mass is 262 g/mol. The van der Waals surface area contributed by atoms with Crippen molar-refractivity contribution < 1.29 is 14.3 Å². The number of hydrogen-bond acceptors (Lipinski definition) is 3. The Morgan fingerprint density at radius 3 is 2.68 bits per heavy atom. The van der Waals surface area contributed by atoms with Crippen LogP contribution in [0.4, 0.5) is 0 Å². The molecule has 1 aliphatic carbocycles. The summed E-state index contributed by atoms with van der Waals surface area (Å²) in [6.07, 6.45) is 4.06. The molecule has 1 aromatic carbocycles. The maximum absolute atomic E-state index is 11.7. The molecule has 0 N–H and O–H groups in total. The van der Waals surface area contributed by atoms with Crippen LogP contribution in [0, 0.1) is 12.8 Å². The summed E-state index contributed by atoms with van der Waals surface area (Å²) in [5.74, 6) is 1.46. The van der Waals surface area contributed by atoms with Gasteiger partial charge in [0, 0.05) is 5.56 Å². The van der Waals surface area contributed by atoms with E-state index in [4.69, 9.17) is 9.47 Å². The Morgan fingerprint density at radius 1 is 1.37 bits per heavy atom. The fourth-order valence-electron chi connectivity index (χ4n) is 2.49. The Labute approximate surface area is 114 Å². The molecule has 1 saturated carbocycles. The number of rotatable bonds is 6. The number of benzene rings is 1. The van der Waals surface area contributed by atoms with Crippen LogP contribution in [0.2, 0.25) is 0 Å². The Balaban J connectivity index is 2.21.